The first-order valence-corrected chi connectivity index (χ1v) is 5.99. The number of rotatable bonds is 3. The van der Waals surface area contributed by atoms with Gasteiger partial charge in [-0.15, -0.1) is 0 Å². The van der Waals surface area contributed by atoms with Gasteiger partial charge in [0.1, 0.15) is 5.76 Å². The van der Waals surface area contributed by atoms with Crippen LogP contribution in [0.15, 0.2) is 50.8 Å². The standard InChI is InChI=1S/C12H11ClOS/c1-2-10-5-8-12(14-10)15-11-6-3-9(13)4-7-11/h3-8H,2H2,1H3. The van der Waals surface area contributed by atoms with Gasteiger partial charge in [0.25, 0.3) is 0 Å². The van der Waals surface area contributed by atoms with Crippen LogP contribution >= 0.6 is 23.4 Å². The highest BCUT2D eigenvalue weighted by Gasteiger charge is 2.02. The van der Waals surface area contributed by atoms with Gasteiger partial charge in [0.2, 0.25) is 0 Å². The molecule has 0 saturated heterocycles. The fourth-order valence-corrected chi connectivity index (χ4v) is 2.14. The Morgan fingerprint density at radius 2 is 1.87 bits per heavy atom. The van der Waals surface area contributed by atoms with Crippen LogP contribution in [0.5, 0.6) is 0 Å². The minimum absolute atomic E-state index is 0.757. The van der Waals surface area contributed by atoms with Crippen LogP contribution in [0.1, 0.15) is 12.7 Å². The van der Waals surface area contributed by atoms with E-state index in [-0.39, 0.29) is 0 Å². The summed E-state index contributed by atoms with van der Waals surface area (Å²) in [5.74, 6) is 1.02. The minimum atomic E-state index is 0.757. The molecule has 0 aliphatic heterocycles. The summed E-state index contributed by atoms with van der Waals surface area (Å²) in [7, 11) is 0. The maximum atomic E-state index is 5.81. The second-order valence-electron chi connectivity index (χ2n) is 3.13. The molecule has 0 radical (unpaired) electrons. The zero-order valence-electron chi connectivity index (χ0n) is 8.37. The number of aryl methyl sites for hydroxylation is 1. The fraction of sp³-hybridized carbons (Fsp3) is 0.167. The van der Waals surface area contributed by atoms with Gasteiger partial charge in [-0.1, -0.05) is 30.3 Å². The molecule has 3 heteroatoms. The zero-order chi connectivity index (χ0) is 10.7. The van der Waals surface area contributed by atoms with Crippen molar-refractivity contribution in [2.24, 2.45) is 0 Å². The van der Waals surface area contributed by atoms with Gasteiger partial charge >= 0.3 is 0 Å². The lowest BCUT2D eigenvalue weighted by Gasteiger charge is -1.97. The molecule has 0 N–H and O–H groups in total. The van der Waals surface area contributed by atoms with E-state index in [9.17, 15) is 0 Å². The number of hydrogen-bond donors (Lipinski definition) is 0. The van der Waals surface area contributed by atoms with Crippen molar-refractivity contribution < 1.29 is 4.42 Å². The van der Waals surface area contributed by atoms with E-state index < -0.39 is 0 Å². The van der Waals surface area contributed by atoms with E-state index in [1.807, 2.05) is 36.4 Å². The first-order valence-electron chi connectivity index (χ1n) is 4.80. The van der Waals surface area contributed by atoms with Crippen LogP contribution < -0.4 is 0 Å². The van der Waals surface area contributed by atoms with Gasteiger partial charge in [-0.3, -0.25) is 0 Å². The maximum Gasteiger partial charge on any atom is 0.165 e. The molecule has 0 atom stereocenters. The van der Waals surface area contributed by atoms with Crippen molar-refractivity contribution in [2.45, 2.75) is 23.3 Å². The van der Waals surface area contributed by atoms with Crippen molar-refractivity contribution in [3.8, 4) is 0 Å². The average Bonchev–Trinajstić information content (AvgIpc) is 2.69. The highest BCUT2D eigenvalue weighted by atomic mass is 35.5. The Hall–Kier alpha value is -0.860. The molecule has 1 aromatic heterocycles. The van der Waals surface area contributed by atoms with E-state index in [4.69, 9.17) is 16.0 Å². The molecule has 0 spiro atoms. The Morgan fingerprint density at radius 3 is 2.47 bits per heavy atom. The third kappa shape index (κ3) is 2.80. The molecule has 0 aliphatic carbocycles. The van der Waals surface area contributed by atoms with E-state index >= 15 is 0 Å². The maximum absolute atomic E-state index is 5.81. The van der Waals surface area contributed by atoms with E-state index in [0.29, 0.717) is 0 Å². The highest BCUT2D eigenvalue weighted by molar-refractivity contribution is 7.99. The third-order valence-electron chi connectivity index (χ3n) is 2.02. The molecule has 2 aromatic rings. The van der Waals surface area contributed by atoms with Crippen LogP contribution in [0.4, 0.5) is 0 Å². The summed E-state index contributed by atoms with van der Waals surface area (Å²) in [6.07, 6.45) is 0.932. The molecule has 1 nitrogen and oxygen atoms in total. The number of hydrogen-bond acceptors (Lipinski definition) is 2. The van der Waals surface area contributed by atoms with Gasteiger partial charge in [-0.05, 0) is 36.4 Å². The smallest absolute Gasteiger partial charge is 0.165 e. The summed E-state index contributed by atoms with van der Waals surface area (Å²) in [4.78, 5) is 1.14. The Bertz CT molecular complexity index is 433. The monoisotopic (exact) mass is 238 g/mol. The molecular weight excluding hydrogens is 228 g/mol. The lowest BCUT2D eigenvalue weighted by molar-refractivity contribution is 0.436. The van der Waals surface area contributed by atoms with E-state index in [0.717, 1.165) is 27.2 Å². The second kappa shape index (κ2) is 4.77. The largest absolute Gasteiger partial charge is 0.455 e. The molecule has 1 aromatic carbocycles. The van der Waals surface area contributed by atoms with Gasteiger partial charge in [0.15, 0.2) is 5.09 Å². The normalized spacial score (nSPS) is 10.5. The second-order valence-corrected chi connectivity index (χ2v) is 4.64. The molecule has 0 amide bonds. The molecule has 1 heterocycles. The van der Waals surface area contributed by atoms with Crippen LogP contribution in [-0.4, -0.2) is 0 Å². The molecule has 0 unspecified atom stereocenters. The Balaban J connectivity index is 2.11. The summed E-state index contributed by atoms with van der Waals surface area (Å²) in [6.45, 7) is 2.08. The lowest BCUT2D eigenvalue weighted by atomic mass is 10.4. The first kappa shape index (κ1) is 10.7. The summed E-state index contributed by atoms with van der Waals surface area (Å²) in [6, 6.07) is 11.7. The third-order valence-corrected chi connectivity index (χ3v) is 3.20. The summed E-state index contributed by atoms with van der Waals surface area (Å²) >= 11 is 7.42. The van der Waals surface area contributed by atoms with Crippen molar-refractivity contribution in [1.82, 2.24) is 0 Å². The summed E-state index contributed by atoms with van der Waals surface area (Å²) in [5, 5.41) is 1.68. The molecule has 15 heavy (non-hydrogen) atoms. The van der Waals surface area contributed by atoms with Gasteiger partial charge in [0, 0.05) is 16.3 Å². The molecule has 2 rings (SSSR count). The van der Waals surface area contributed by atoms with Crippen LogP contribution in [0.25, 0.3) is 0 Å². The molecule has 0 fully saturated rings. The van der Waals surface area contributed by atoms with Crippen LogP contribution in [-0.2, 0) is 6.42 Å². The SMILES string of the molecule is CCc1ccc(Sc2ccc(Cl)cc2)o1. The van der Waals surface area contributed by atoms with Gasteiger partial charge in [-0.2, -0.15) is 0 Å². The highest BCUT2D eigenvalue weighted by Crippen LogP contribution is 2.29. The van der Waals surface area contributed by atoms with Gasteiger partial charge < -0.3 is 4.42 Å². The lowest BCUT2D eigenvalue weighted by Crippen LogP contribution is -1.71. The van der Waals surface area contributed by atoms with Crippen molar-refractivity contribution in [1.29, 1.82) is 0 Å². The quantitative estimate of drug-likeness (QED) is 0.772. The first-order chi connectivity index (χ1) is 7.28. The van der Waals surface area contributed by atoms with Crippen LogP contribution in [0.2, 0.25) is 5.02 Å². The van der Waals surface area contributed by atoms with Crippen molar-refractivity contribution in [3.63, 3.8) is 0 Å². The van der Waals surface area contributed by atoms with Gasteiger partial charge in [0.05, 0.1) is 0 Å². The van der Waals surface area contributed by atoms with Crippen LogP contribution in [0.3, 0.4) is 0 Å². The molecule has 0 aliphatic rings. The van der Waals surface area contributed by atoms with Crippen molar-refractivity contribution in [3.05, 3.63) is 47.2 Å². The summed E-state index contributed by atoms with van der Waals surface area (Å²) in [5.41, 5.74) is 0. The minimum Gasteiger partial charge on any atom is -0.455 e. The molecule has 0 saturated carbocycles. The Labute approximate surface area is 98.4 Å². The summed E-state index contributed by atoms with van der Waals surface area (Å²) < 4.78 is 5.60. The molecule has 78 valence electrons. The van der Waals surface area contributed by atoms with Crippen molar-refractivity contribution in [2.75, 3.05) is 0 Å². The van der Waals surface area contributed by atoms with Crippen molar-refractivity contribution >= 4 is 23.4 Å². The number of halogens is 1. The number of benzene rings is 1. The average molecular weight is 239 g/mol. The Kier molecular flexibility index (Phi) is 3.39. The predicted molar refractivity (Wildman–Crippen MR) is 63.7 cm³/mol. The van der Waals surface area contributed by atoms with Gasteiger partial charge in [-0.25, -0.2) is 0 Å². The predicted octanol–water partition coefficient (Wildman–Crippen LogP) is 4.65. The number of furan rings is 1. The Morgan fingerprint density at radius 1 is 1.13 bits per heavy atom. The molecular formula is C12H11ClOS. The topological polar surface area (TPSA) is 13.1 Å². The van der Waals surface area contributed by atoms with E-state index in [2.05, 4.69) is 6.92 Å². The zero-order valence-corrected chi connectivity index (χ0v) is 9.94. The van der Waals surface area contributed by atoms with Crippen LogP contribution in [0, 0.1) is 0 Å². The molecule has 0 bridgehead atoms. The van der Waals surface area contributed by atoms with E-state index in [1.54, 1.807) is 11.8 Å². The fourth-order valence-electron chi connectivity index (χ4n) is 1.22. The van der Waals surface area contributed by atoms with E-state index in [1.165, 1.54) is 0 Å².